The molecule has 3 nitrogen and oxygen atoms in total. The minimum atomic E-state index is -0.609. The van der Waals surface area contributed by atoms with Crippen LogP contribution in [-0.2, 0) is 6.54 Å². The van der Waals surface area contributed by atoms with Crippen LogP contribution in [0.5, 0.6) is 0 Å². The van der Waals surface area contributed by atoms with Crippen molar-refractivity contribution >= 4 is 15.9 Å². The number of rotatable bonds is 4. The molecule has 2 aromatic rings. The summed E-state index contributed by atoms with van der Waals surface area (Å²) < 4.78 is 2.92. The lowest BCUT2D eigenvalue weighted by Crippen LogP contribution is -2.00. The van der Waals surface area contributed by atoms with Gasteiger partial charge in [-0.1, -0.05) is 35.0 Å². The molecule has 0 aliphatic carbocycles. The Balaban J connectivity index is 2.23. The molecule has 96 valence electrons. The molecule has 0 bridgehead atoms. The van der Waals surface area contributed by atoms with Gasteiger partial charge in [-0.3, -0.25) is 4.68 Å². The van der Waals surface area contributed by atoms with Gasteiger partial charge in [0.1, 0.15) is 6.10 Å². The average Bonchev–Trinajstić information content (AvgIpc) is 2.81. The Bertz CT molecular complexity index is 536. The van der Waals surface area contributed by atoms with Gasteiger partial charge in [0.05, 0.1) is 6.20 Å². The maximum absolute atomic E-state index is 10.3. The normalized spacial score (nSPS) is 12.7. The van der Waals surface area contributed by atoms with Gasteiger partial charge in [0.2, 0.25) is 0 Å². The number of aryl methyl sites for hydroxylation is 2. The molecule has 0 saturated carbocycles. The van der Waals surface area contributed by atoms with Gasteiger partial charge in [-0.2, -0.15) is 5.10 Å². The summed E-state index contributed by atoms with van der Waals surface area (Å²) in [5.41, 5.74) is 2.85. The zero-order chi connectivity index (χ0) is 13.1. The van der Waals surface area contributed by atoms with E-state index in [1.807, 2.05) is 36.0 Å². The topological polar surface area (TPSA) is 38.0 Å². The van der Waals surface area contributed by atoms with Crippen LogP contribution in [0.2, 0.25) is 0 Å². The second-order valence-corrected chi connectivity index (χ2v) is 5.30. The molecule has 1 aromatic heterocycles. The van der Waals surface area contributed by atoms with E-state index in [2.05, 4.69) is 28.0 Å². The Labute approximate surface area is 116 Å². The number of nitrogens with zero attached hydrogens (tertiary/aromatic N) is 2. The Morgan fingerprint density at radius 2 is 2.17 bits per heavy atom. The SMILES string of the molecule is CCCn1cc(C(O)c2ccc(Br)c(C)c2)cn1. The van der Waals surface area contributed by atoms with Crippen molar-refractivity contribution < 1.29 is 5.11 Å². The average molecular weight is 309 g/mol. The second kappa shape index (κ2) is 5.67. The third-order valence-corrected chi connectivity index (χ3v) is 3.81. The van der Waals surface area contributed by atoms with E-state index in [0.29, 0.717) is 0 Å². The first-order valence-corrected chi connectivity index (χ1v) is 6.87. The summed E-state index contributed by atoms with van der Waals surface area (Å²) in [5.74, 6) is 0. The van der Waals surface area contributed by atoms with Crippen molar-refractivity contribution in [3.8, 4) is 0 Å². The zero-order valence-electron chi connectivity index (χ0n) is 10.6. The standard InChI is InChI=1S/C14H17BrN2O/c1-3-6-17-9-12(8-16-17)14(18)11-4-5-13(15)10(2)7-11/h4-5,7-9,14,18H,3,6H2,1-2H3. The lowest BCUT2D eigenvalue weighted by molar-refractivity contribution is 0.220. The first-order chi connectivity index (χ1) is 8.61. The monoisotopic (exact) mass is 308 g/mol. The Morgan fingerprint density at radius 3 is 2.83 bits per heavy atom. The van der Waals surface area contributed by atoms with Crippen molar-refractivity contribution in [2.75, 3.05) is 0 Å². The molecule has 0 saturated heterocycles. The summed E-state index contributed by atoms with van der Waals surface area (Å²) >= 11 is 3.46. The molecule has 0 amide bonds. The first kappa shape index (κ1) is 13.3. The van der Waals surface area contributed by atoms with Crippen LogP contribution >= 0.6 is 15.9 Å². The van der Waals surface area contributed by atoms with Gasteiger partial charge >= 0.3 is 0 Å². The summed E-state index contributed by atoms with van der Waals surface area (Å²) in [6.07, 6.45) is 4.07. The van der Waals surface area contributed by atoms with Gasteiger partial charge in [-0.15, -0.1) is 0 Å². The van der Waals surface area contributed by atoms with Gasteiger partial charge in [0.25, 0.3) is 0 Å². The van der Waals surface area contributed by atoms with Crippen LogP contribution in [0.1, 0.15) is 36.1 Å². The Morgan fingerprint density at radius 1 is 1.39 bits per heavy atom. The highest BCUT2D eigenvalue weighted by molar-refractivity contribution is 9.10. The maximum Gasteiger partial charge on any atom is 0.107 e. The van der Waals surface area contributed by atoms with E-state index in [1.165, 1.54) is 0 Å². The van der Waals surface area contributed by atoms with Gasteiger partial charge in [-0.05, 0) is 30.5 Å². The number of aliphatic hydroxyl groups is 1. The molecule has 0 aliphatic heterocycles. The number of hydrogen-bond donors (Lipinski definition) is 1. The first-order valence-electron chi connectivity index (χ1n) is 6.08. The van der Waals surface area contributed by atoms with Crippen LogP contribution in [0.4, 0.5) is 0 Å². The molecule has 4 heteroatoms. The molecule has 18 heavy (non-hydrogen) atoms. The van der Waals surface area contributed by atoms with Gasteiger partial charge in [0, 0.05) is 22.8 Å². The van der Waals surface area contributed by atoms with E-state index >= 15 is 0 Å². The van der Waals surface area contributed by atoms with Crippen LogP contribution < -0.4 is 0 Å². The molecular formula is C14H17BrN2O. The molecule has 0 aliphatic rings. The summed E-state index contributed by atoms with van der Waals surface area (Å²) in [6.45, 7) is 5.00. The number of aromatic nitrogens is 2. The molecular weight excluding hydrogens is 292 g/mol. The van der Waals surface area contributed by atoms with E-state index in [9.17, 15) is 5.11 Å². The van der Waals surface area contributed by atoms with Crippen LogP contribution in [-0.4, -0.2) is 14.9 Å². The van der Waals surface area contributed by atoms with E-state index in [0.717, 1.165) is 34.1 Å². The highest BCUT2D eigenvalue weighted by atomic mass is 79.9. The van der Waals surface area contributed by atoms with Crippen LogP contribution in [0.25, 0.3) is 0 Å². The Hall–Kier alpha value is -1.13. The lowest BCUT2D eigenvalue weighted by Gasteiger charge is -2.10. The number of hydrogen-bond acceptors (Lipinski definition) is 2. The minimum absolute atomic E-state index is 0.609. The van der Waals surface area contributed by atoms with Crippen LogP contribution in [0.3, 0.4) is 0 Å². The van der Waals surface area contributed by atoms with Gasteiger partial charge < -0.3 is 5.11 Å². The number of halogens is 1. The van der Waals surface area contributed by atoms with E-state index in [1.54, 1.807) is 6.20 Å². The zero-order valence-corrected chi connectivity index (χ0v) is 12.2. The van der Waals surface area contributed by atoms with Crippen molar-refractivity contribution in [3.05, 3.63) is 51.8 Å². The smallest absolute Gasteiger partial charge is 0.107 e. The highest BCUT2D eigenvalue weighted by Crippen LogP contribution is 2.25. The van der Waals surface area contributed by atoms with E-state index in [-0.39, 0.29) is 0 Å². The second-order valence-electron chi connectivity index (χ2n) is 4.45. The maximum atomic E-state index is 10.3. The predicted octanol–water partition coefficient (Wildman–Crippen LogP) is 3.45. The molecule has 1 N–H and O–H groups in total. The van der Waals surface area contributed by atoms with Crippen LogP contribution in [0.15, 0.2) is 35.1 Å². The number of benzene rings is 1. The summed E-state index contributed by atoms with van der Waals surface area (Å²) in [7, 11) is 0. The predicted molar refractivity (Wildman–Crippen MR) is 75.5 cm³/mol. The molecule has 0 radical (unpaired) electrons. The van der Waals surface area contributed by atoms with Crippen molar-refractivity contribution in [2.45, 2.75) is 32.9 Å². The largest absolute Gasteiger partial charge is 0.384 e. The minimum Gasteiger partial charge on any atom is -0.384 e. The summed E-state index contributed by atoms with van der Waals surface area (Å²) in [4.78, 5) is 0. The summed E-state index contributed by atoms with van der Waals surface area (Å²) in [5, 5.41) is 14.6. The molecule has 1 aromatic carbocycles. The molecule has 1 heterocycles. The Kier molecular flexibility index (Phi) is 4.19. The molecule has 1 unspecified atom stereocenters. The van der Waals surface area contributed by atoms with Crippen molar-refractivity contribution in [1.82, 2.24) is 9.78 Å². The molecule has 2 rings (SSSR count). The van der Waals surface area contributed by atoms with Gasteiger partial charge in [-0.25, -0.2) is 0 Å². The quantitative estimate of drug-likeness (QED) is 0.939. The van der Waals surface area contributed by atoms with Crippen molar-refractivity contribution in [1.29, 1.82) is 0 Å². The molecule has 0 spiro atoms. The summed E-state index contributed by atoms with van der Waals surface area (Å²) in [6, 6.07) is 5.88. The third-order valence-electron chi connectivity index (χ3n) is 2.92. The van der Waals surface area contributed by atoms with Crippen molar-refractivity contribution in [2.24, 2.45) is 0 Å². The third kappa shape index (κ3) is 2.82. The van der Waals surface area contributed by atoms with E-state index < -0.39 is 6.10 Å². The molecule has 0 fully saturated rings. The highest BCUT2D eigenvalue weighted by Gasteiger charge is 2.13. The molecule has 1 atom stereocenters. The van der Waals surface area contributed by atoms with Crippen LogP contribution in [0, 0.1) is 6.92 Å². The van der Waals surface area contributed by atoms with Gasteiger partial charge in [0.15, 0.2) is 0 Å². The fourth-order valence-corrected chi connectivity index (χ4v) is 2.15. The number of aliphatic hydroxyl groups excluding tert-OH is 1. The van der Waals surface area contributed by atoms with E-state index in [4.69, 9.17) is 0 Å². The van der Waals surface area contributed by atoms with Crippen molar-refractivity contribution in [3.63, 3.8) is 0 Å². The fourth-order valence-electron chi connectivity index (χ4n) is 1.90. The fraction of sp³-hybridized carbons (Fsp3) is 0.357. The lowest BCUT2D eigenvalue weighted by atomic mass is 10.0.